The first-order valence-corrected chi connectivity index (χ1v) is 7.22. The van der Waals surface area contributed by atoms with Crippen LogP contribution in [0.25, 0.3) is 6.08 Å². The van der Waals surface area contributed by atoms with E-state index in [2.05, 4.69) is 5.32 Å². The van der Waals surface area contributed by atoms with Crippen LogP contribution in [0.3, 0.4) is 0 Å². The van der Waals surface area contributed by atoms with Crippen LogP contribution >= 0.6 is 0 Å². The lowest BCUT2D eigenvalue weighted by Crippen LogP contribution is -2.15. The van der Waals surface area contributed by atoms with Crippen molar-refractivity contribution in [2.24, 2.45) is 0 Å². The van der Waals surface area contributed by atoms with Gasteiger partial charge in [-0.1, -0.05) is 55.5 Å². The second-order valence-corrected chi connectivity index (χ2v) is 5.00. The molecular weight excluding hydrogens is 272 g/mol. The molecular formula is C19H18N2O. The average molecular weight is 290 g/mol. The average Bonchev–Trinajstić information content (AvgIpc) is 2.55. The molecule has 0 radical (unpaired) electrons. The number of nitriles is 1. The highest BCUT2D eigenvalue weighted by Gasteiger charge is 2.12. The van der Waals surface area contributed by atoms with Crippen molar-refractivity contribution in [3.63, 3.8) is 0 Å². The first-order valence-electron chi connectivity index (χ1n) is 7.22. The third-order valence-corrected chi connectivity index (χ3v) is 3.45. The normalized spacial score (nSPS) is 10.9. The van der Waals surface area contributed by atoms with E-state index in [1.165, 1.54) is 0 Å². The van der Waals surface area contributed by atoms with E-state index in [9.17, 15) is 10.1 Å². The third kappa shape index (κ3) is 3.62. The van der Waals surface area contributed by atoms with Gasteiger partial charge in [0.25, 0.3) is 5.91 Å². The van der Waals surface area contributed by atoms with Gasteiger partial charge in [0, 0.05) is 5.69 Å². The monoisotopic (exact) mass is 290 g/mol. The smallest absolute Gasteiger partial charge is 0.266 e. The van der Waals surface area contributed by atoms with Gasteiger partial charge in [-0.3, -0.25) is 4.79 Å². The molecule has 0 aliphatic heterocycles. The van der Waals surface area contributed by atoms with Crippen molar-refractivity contribution in [3.8, 4) is 6.07 Å². The summed E-state index contributed by atoms with van der Waals surface area (Å²) in [5.41, 5.74) is 3.77. The lowest BCUT2D eigenvalue weighted by Gasteiger charge is -2.12. The molecule has 0 atom stereocenters. The Morgan fingerprint density at radius 2 is 1.91 bits per heavy atom. The van der Waals surface area contributed by atoms with Crippen LogP contribution in [0.2, 0.25) is 0 Å². The summed E-state index contributed by atoms with van der Waals surface area (Å²) in [6.45, 7) is 3.98. The van der Waals surface area contributed by atoms with Gasteiger partial charge in [0.05, 0.1) is 0 Å². The number of amides is 1. The molecule has 2 aromatic rings. The van der Waals surface area contributed by atoms with E-state index < -0.39 is 0 Å². The fraction of sp³-hybridized carbons (Fsp3) is 0.158. The number of hydrogen-bond acceptors (Lipinski definition) is 2. The summed E-state index contributed by atoms with van der Waals surface area (Å²) in [6.07, 6.45) is 2.42. The number of hydrogen-bond donors (Lipinski definition) is 1. The maximum absolute atomic E-state index is 12.4. The van der Waals surface area contributed by atoms with Crippen LogP contribution in [0.4, 0.5) is 5.69 Å². The molecule has 110 valence electrons. The van der Waals surface area contributed by atoms with Gasteiger partial charge in [0.1, 0.15) is 11.6 Å². The molecule has 0 heterocycles. The molecule has 0 fully saturated rings. The quantitative estimate of drug-likeness (QED) is 0.680. The summed E-state index contributed by atoms with van der Waals surface area (Å²) in [5, 5.41) is 12.1. The minimum Gasteiger partial charge on any atom is -0.321 e. The summed E-state index contributed by atoms with van der Waals surface area (Å²) in [4.78, 5) is 12.4. The van der Waals surface area contributed by atoms with Gasteiger partial charge < -0.3 is 5.32 Å². The number of para-hydroxylation sites is 1. The van der Waals surface area contributed by atoms with Gasteiger partial charge in [0.15, 0.2) is 0 Å². The van der Waals surface area contributed by atoms with Crippen LogP contribution in [0, 0.1) is 18.3 Å². The largest absolute Gasteiger partial charge is 0.321 e. The summed E-state index contributed by atoms with van der Waals surface area (Å²) in [6, 6.07) is 17.2. The highest BCUT2D eigenvalue weighted by Crippen LogP contribution is 2.22. The van der Waals surface area contributed by atoms with E-state index >= 15 is 0 Å². The molecule has 0 aliphatic rings. The van der Waals surface area contributed by atoms with Crippen molar-refractivity contribution < 1.29 is 4.79 Å². The van der Waals surface area contributed by atoms with Crippen molar-refractivity contribution in [1.29, 1.82) is 5.26 Å². The van der Waals surface area contributed by atoms with Crippen LogP contribution in [0.5, 0.6) is 0 Å². The standard InChI is InChI=1S/C19H18N2O/c1-3-16-11-7-8-14(2)18(16)21-19(22)17(13-20)12-15-9-5-4-6-10-15/h4-12H,3H2,1-2H3,(H,21,22)/b17-12+. The minimum absolute atomic E-state index is 0.0940. The number of rotatable bonds is 4. The Hall–Kier alpha value is -2.86. The zero-order valence-corrected chi connectivity index (χ0v) is 12.8. The predicted octanol–water partition coefficient (Wildman–Crippen LogP) is 4.10. The molecule has 0 unspecified atom stereocenters. The molecule has 0 saturated carbocycles. The first-order chi connectivity index (χ1) is 10.7. The molecule has 2 rings (SSSR count). The van der Waals surface area contributed by atoms with Gasteiger partial charge >= 0.3 is 0 Å². The molecule has 0 aromatic heterocycles. The number of nitrogens with zero attached hydrogens (tertiary/aromatic N) is 1. The SMILES string of the molecule is CCc1cccc(C)c1NC(=O)/C(C#N)=C/c1ccccc1. The maximum atomic E-state index is 12.4. The number of anilines is 1. The van der Waals surface area contributed by atoms with E-state index in [1.807, 2.05) is 68.4 Å². The third-order valence-electron chi connectivity index (χ3n) is 3.45. The Balaban J connectivity index is 2.28. The molecule has 3 nitrogen and oxygen atoms in total. The van der Waals surface area contributed by atoms with E-state index in [-0.39, 0.29) is 11.5 Å². The van der Waals surface area contributed by atoms with E-state index in [0.717, 1.165) is 28.8 Å². The Labute approximate surface area is 130 Å². The Kier molecular flexibility index (Phi) is 5.11. The van der Waals surface area contributed by atoms with Gasteiger partial charge in [-0.15, -0.1) is 0 Å². The molecule has 2 aromatic carbocycles. The summed E-state index contributed by atoms with van der Waals surface area (Å²) >= 11 is 0. The Morgan fingerprint density at radius 3 is 2.55 bits per heavy atom. The van der Waals surface area contributed by atoms with Crippen molar-refractivity contribution >= 4 is 17.7 Å². The topological polar surface area (TPSA) is 52.9 Å². The molecule has 1 amide bonds. The minimum atomic E-state index is -0.379. The molecule has 0 aliphatic carbocycles. The lowest BCUT2D eigenvalue weighted by atomic mass is 10.0. The maximum Gasteiger partial charge on any atom is 0.266 e. The number of carbonyl (C=O) groups is 1. The number of aryl methyl sites for hydroxylation is 2. The molecule has 0 bridgehead atoms. The zero-order valence-electron chi connectivity index (χ0n) is 12.8. The summed E-state index contributed by atoms with van der Waals surface area (Å²) in [7, 11) is 0. The Morgan fingerprint density at radius 1 is 1.18 bits per heavy atom. The van der Waals surface area contributed by atoms with Crippen LogP contribution < -0.4 is 5.32 Å². The first kappa shape index (κ1) is 15.5. The van der Waals surface area contributed by atoms with Crippen molar-refractivity contribution in [1.82, 2.24) is 0 Å². The number of nitrogens with one attached hydrogen (secondary N) is 1. The van der Waals surface area contributed by atoms with Crippen molar-refractivity contribution in [2.75, 3.05) is 5.32 Å². The zero-order chi connectivity index (χ0) is 15.9. The molecule has 3 heteroatoms. The molecule has 0 spiro atoms. The van der Waals surface area contributed by atoms with E-state index in [1.54, 1.807) is 6.08 Å². The number of carbonyl (C=O) groups excluding carboxylic acids is 1. The van der Waals surface area contributed by atoms with Crippen LogP contribution in [-0.4, -0.2) is 5.91 Å². The summed E-state index contributed by atoms with van der Waals surface area (Å²) in [5.74, 6) is -0.379. The van der Waals surface area contributed by atoms with Crippen molar-refractivity contribution in [2.45, 2.75) is 20.3 Å². The highest BCUT2D eigenvalue weighted by atomic mass is 16.1. The second-order valence-electron chi connectivity index (χ2n) is 5.00. The van der Waals surface area contributed by atoms with Crippen LogP contribution in [0.1, 0.15) is 23.6 Å². The Bertz CT molecular complexity index is 740. The van der Waals surface area contributed by atoms with E-state index in [4.69, 9.17) is 0 Å². The fourth-order valence-corrected chi connectivity index (χ4v) is 2.25. The lowest BCUT2D eigenvalue weighted by molar-refractivity contribution is -0.112. The molecule has 0 saturated heterocycles. The van der Waals surface area contributed by atoms with Crippen LogP contribution in [0.15, 0.2) is 54.1 Å². The molecule has 1 N–H and O–H groups in total. The fourth-order valence-electron chi connectivity index (χ4n) is 2.25. The van der Waals surface area contributed by atoms with E-state index in [0.29, 0.717) is 0 Å². The van der Waals surface area contributed by atoms with Crippen molar-refractivity contribution in [3.05, 3.63) is 70.8 Å². The van der Waals surface area contributed by atoms with Crippen LogP contribution in [-0.2, 0) is 11.2 Å². The highest BCUT2D eigenvalue weighted by molar-refractivity contribution is 6.10. The van der Waals surface area contributed by atoms with Gasteiger partial charge in [-0.2, -0.15) is 5.26 Å². The van der Waals surface area contributed by atoms with Gasteiger partial charge in [-0.25, -0.2) is 0 Å². The van der Waals surface area contributed by atoms with Gasteiger partial charge in [0.2, 0.25) is 0 Å². The number of benzene rings is 2. The predicted molar refractivity (Wildman–Crippen MR) is 89.2 cm³/mol. The van der Waals surface area contributed by atoms with Gasteiger partial charge in [-0.05, 0) is 36.1 Å². The second kappa shape index (κ2) is 7.24. The summed E-state index contributed by atoms with van der Waals surface area (Å²) < 4.78 is 0. The molecule has 22 heavy (non-hydrogen) atoms.